The smallest absolute Gasteiger partial charge is 0.335 e. The molecule has 0 aliphatic heterocycles. The lowest BCUT2D eigenvalue weighted by atomic mass is 10.1. The van der Waals surface area contributed by atoms with E-state index in [1.54, 1.807) is 0 Å². The monoisotopic (exact) mass is 342 g/mol. The van der Waals surface area contributed by atoms with Gasteiger partial charge in [-0.3, -0.25) is 0 Å². The third kappa shape index (κ3) is 16.0. The van der Waals surface area contributed by atoms with Gasteiger partial charge in [-0.2, -0.15) is 0 Å². The van der Waals surface area contributed by atoms with Crippen molar-refractivity contribution in [2.24, 2.45) is 0 Å². The molecule has 24 heavy (non-hydrogen) atoms. The molecule has 0 amide bonds. The second kappa shape index (κ2) is 18.5. The number of hydrogen-bond acceptors (Lipinski definition) is 4. The number of carbonyl (C=O) groups excluding carboxylic acids is 1. The molecule has 0 saturated carbocycles. The fourth-order valence-electron chi connectivity index (χ4n) is 2.59. The minimum atomic E-state index is -1.05. The van der Waals surface area contributed by atoms with Crippen LogP contribution < -0.4 is 0 Å². The number of aliphatic hydroxyl groups is 2. The molecule has 0 saturated heterocycles. The standard InChI is InChI=1S/C20H38O4/c1-2-3-4-5-6-7-8-9-10-11-12-13-14-15-16-19(22)20(23)24-18-17-21/h9-10,19,21-22H,2-8,11-18H2,1H3. The Balaban J connectivity index is 3.29. The van der Waals surface area contributed by atoms with Crippen molar-refractivity contribution in [1.82, 2.24) is 0 Å². The molecule has 0 aliphatic rings. The SMILES string of the molecule is CCCCCCCCC=CCCCCCCC(O)C(=O)OCCO. The molecule has 0 heterocycles. The number of unbranched alkanes of at least 4 members (excludes halogenated alkanes) is 10. The molecule has 0 aromatic carbocycles. The third-order valence-electron chi connectivity index (χ3n) is 4.10. The van der Waals surface area contributed by atoms with Gasteiger partial charge in [0.25, 0.3) is 0 Å². The van der Waals surface area contributed by atoms with Gasteiger partial charge in [-0.1, -0.05) is 70.4 Å². The number of esters is 1. The van der Waals surface area contributed by atoms with E-state index >= 15 is 0 Å². The summed E-state index contributed by atoms with van der Waals surface area (Å²) in [6.07, 6.45) is 18.6. The summed E-state index contributed by atoms with van der Waals surface area (Å²) in [6, 6.07) is 0. The number of hydrogen-bond donors (Lipinski definition) is 2. The number of carbonyl (C=O) groups is 1. The molecule has 0 spiro atoms. The van der Waals surface area contributed by atoms with E-state index < -0.39 is 12.1 Å². The molecule has 0 fully saturated rings. The number of rotatable bonds is 17. The maximum atomic E-state index is 11.3. The second-order valence-corrected chi connectivity index (χ2v) is 6.43. The van der Waals surface area contributed by atoms with Crippen molar-refractivity contribution in [1.29, 1.82) is 0 Å². The van der Waals surface area contributed by atoms with Crippen LogP contribution in [-0.4, -0.2) is 35.5 Å². The van der Waals surface area contributed by atoms with E-state index in [1.165, 1.54) is 44.9 Å². The Morgan fingerprint density at radius 2 is 1.46 bits per heavy atom. The van der Waals surface area contributed by atoms with E-state index in [2.05, 4.69) is 23.8 Å². The topological polar surface area (TPSA) is 66.8 Å². The molecule has 2 N–H and O–H groups in total. The lowest BCUT2D eigenvalue weighted by molar-refractivity contribution is -0.154. The van der Waals surface area contributed by atoms with Gasteiger partial charge >= 0.3 is 5.97 Å². The van der Waals surface area contributed by atoms with Crippen LogP contribution in [0.1, 0.15) is 90.4 Å². The van der Waals surface area contributed by atoms with Crippen molar-refractivity contribution >= 4 is 5.97 Å². The van der Waals surface area contributed by atoms with Crippen molar-refractivity contribution in [2.75, 3.05) is 13.2 Å². The summed E-state index contributed by atoms with van der Waals surface area (Å²) in [5.41, 5.74) is 0. The van der Waals surface area contributed by atoms with Gasteiger partial charge in [-0.05, 0) is 32.1 Å². The molecule has 0 bridgehead atoms. The van der Waals surface area contributed by atoms with Gasteiger partial charge in [-0.15, -0.1) is 0 Å². The Kier molecular flexibility index (Phi) is 17.8. The Labute approximate surface area is 148 Å². The summed E-state index contributed by atoms with van der Waals surface area (Å²) in [7, 11) is 0. The fourth-order valence-corrected chi connectivity index (χ4v) is 2.59. The summed E-state index contributed by atoms with van der Waals surface area (Å²) in [5, 5.41) is 18.1. The van der Waals surface area contributed by atoms with E-state index in [9.17, 15) is 9.90 Å². The van der Waals surface area contributed by atoms with Crippen LogP contribution >= 0.6 is 0 Å². The molecular weight excluding hydrogens is 304 g/mol. The van der Waals surface area contributed by atoms with Gasteiger partial charge in [0.05, 0.1) is 6.61 Å². The van der Waals surface area contributed by atoms with Crippen molar-refractivity contribution in [2.45, 2.75) is 96.5 Å². The minimum Gasteiger partial charge on any atom is -0.461 e. The van der Waals surface area contributed by atoms with Crippen LogP contribution in [0.3, 0.4) is 0 Å². The van der Waals surface area contributed by atoms with Crippen LogP contribution in [0.4, 0.5) is 0 Å². The van der Waals surface area contributed by atoms with Crippen LogP contribution in [0, 0.1) is 0 Å². The highest BCUT2D eigenvalue weighted by Gasteiger charge is 2.15. The number of aliphatic hydroxyl groups excluding tert-OH is 2. The predicted molar refractivity (Wildman–Crippen MR) is 98.9 cm³/mol. The molecule has 0 rings (SSSR count). The Hall–Kier alpha value is -0.870. The van der Waals surface area contributed by atoms with Gasteiger partial charge in [-0.25, -0.2) is 4.79 Å². The molecule has 4 heteroatoms. The minimum absolute atomic E-state index is 0.0407. The zero-order valence-corrected chi connectivity index (χ0v) is 15.5. The van der Waals surface area contributed by atoms with Crippen molar-refractivity contribution in [3.63, 3.8) is 0 Å². The highest BCUT2D eigenvalue weighted by Crippen LogP contribution is 2.10. The Morgan fingerprint density at radius 3 is 2.04 bits per heavy atom. The van der Waals surface area contributed by atoms with Gasteiger partial charge < -0.3 is 14.9 Å². The number of allylic oxidation sites excluding steroid dienone is 2. The van der Waals surface area contributed by atoms with Gasteiger partial charge in [0.1, 0.15) is 6.61 Å². The van der Waals surface area contributed by atoms with Gasteiger partial charge in [0.2, 0.25) is 0 Å². The zero-order valence-electron chi connectivity index (χ0n) is 15.5. The van der Waals surface area contributed by atoms with Crippen molar-refractivity contribution in [3.05, 3.63) is 12.2 Å². The molecule has 0 radical (unpaired) electrons. The van der Waals surface area contributed by atoms with E-state index in [0.717, 1.165) is 32.1 Å². The third-order valence-corrected chi connectivity index (χ3v) is 4.10. The molecule has 0 aromatic heterocycles. The summed E-state index contributed by atoms with van der Waals surface area (Å²) in [4.78, 5) is 11.3. The molecule has 1 unspecified atom stereocenters. The van der Waals surface area contributed by atoms with E-state index in [1.807, 2.05) is 0 Å². The normalized spacial score (nSPS) is 12.6. The fraction of sp³-hybridized carbons (Fsp3) is 0.850. The van der Waals surface area contributed by atoms with Crippen molar-refractivity contribution in [3.8, 4) is 0 Å². The van der Waals surface area contributed by atoms with Crippen LogP contribution in [0.2, 0.25) is 0 Å². The van der Waals surface area contributed by atoms with Gasteiger partial charge in [0, 0.05) is 0 Å². The summed E-state index contributed by atoms with van der Waals surface area (Å²) in [5.74, 6) is -0.623. The zero-order chi connectivity index (χ0) is 17.9. The molecular formula is C20H38O4. The van der Waals surface area contributed by atoms with Gasteiger partial charge in [0.15, 0.2) is 6.10 Å². The highest BCUT2D eigenvalue weighted by atomic mass is 16.6. The molecule has 142 valence electrons. The first kappa shape index (κ1) is 23.1. The molecule has 1 atom stereocenters. The average molecular weight is 343 g/mol. The summed E-state index contributed by atoms with van der Waals surface area (Å²) in [6.45, 7) is 2.00. The first-order chi connectivity index (χ1) is 11.7. The molecule has 0 aromatic rings. The maximum Gasteiger partial charge on any atom is 0.335 e. The molecule has 4 nitrogen and oxygen atoms in total. The largest absolute Gasteiger partial charge is 0.461 e. The lowest BCUT2D eigenvalue weighted by Gasteiger charge is -2.09. The van der Waals surface area contributed by atoms with E-state index in [0.29, 0.717) is 6.42 Å². The average Bonchev–Trinajstić information content (AvgIpc) is 2.59. The first-order valence-electron chi connectivity index (χ1n) is 9.83. The summed E-state index contributed by atoms with van der Waals surface area (Å²) < 4.78 is 4.67. The highest BCUT2D eigenvalue weighted by molar-refractivity contribution is 5.74. The lowest BCUT2D eigenvalue weighted by Crippen LogP contribution is -2.24. The van der Waals surface area contributed by atoms with Crippen LogP contribution in [-0.2, 0) is 9.53 Å². The quantitative estimate of drug-likeness (QED) is 0.231. The van der Waals surface area contributed by atoms with Crippen LogP contribution in [0.5, 0.6) is 0 Å². The van der Waals surface area contributed by atoms with E-state index in [-0.39, 0.29) is 13.2 Å². The maximum absolute atomic E-state index is 11.3. The Bertz CT molecular complexity index is 302. The Morgan fingerprint density at radius 1 is 0.917 bits per heavy atom. The molecule has 0 aliphatic carbocycles. The first-order valence-corrected chi connectivity index (χ1v) is 9.83. The number of ether oxygens (including phenoxy) is 1. The summed E-state index contributed by atoms with van der Waals surface area (Å²) >= 11 is 0. The second-order valence-electron chi connectivity index (χ2n) is 6.43. The van der Waals surface area contributed by atoms with Crippen LogP contribution in [0.25, 0.3) is 0 Å². The predicted octanol–water partition coefficient (Wildman–Crippen LogP) is 4.53. The van der Waals surface area contributed by atoms with Crippen molar-refractivity contribution < 1.29 is 19.7 Å². The van der Waals surface area contributed by atoms with Crippen LogP contribution in [0.15, 0.2) is 12.2 Å². The van der Waals surface area contributed by atoms with E-state index in [4.69, 9.17) is 5.11 Å².